The van der Waals surface area contributed by atoms with Crippen LogP contribution in [0, 0.1) is 0 Å². The normalized spacial score (nSPS) is 12.6. The average molecular weight is 258 g/mol. The number of aliphatic hydroxyl groups is 1. The molecule has 2 aromatic rings. The van der Waals surface area contributed by atoms with Gasteiger partial charge in [0.15, 0.2) is 0 Å². The standard InChI is InChI=1S/C16H22N2O/c1-4-14-16(12(3)19)15(5-2)18(17-14)11-13-9-7-6-8-10-13/h6-10,12,19H,4-5,11H2,1-3H3. The lowest BCUT2D eigenvalue weighted by Gasteiger charge is -2.09. The Balaban J connectivity index is 2.40. The van der Waals surface area contributed by atoms with Gasteiger partial charge < -0.3 is 5.11 Å². The molecule has 0 saturated carbocycles. The van der Waals surface area contributed by atoms with E-state index in [1.807, 2.05) is 29.8 Å². The van der Waals surface area contributed by atoms with E-state index >= 15 is 0 Å². The Bertz CT molecular complexity index is 529. The van der Waals surface area contributed by atoms with Crippen molar-refractivity contribution in [3.05, 3.63) is 52.8 Å². The van der Waals surface area contributed by atoms with Crippen LogP contribution in [-0.2, 0) is 19.4 Å². The van der Waals surface area contributed by atoms with Crippen molar-refractivity contribution in [1.82, 2.24) is 9.78 Å². The Morgan fingerprint density at radius 1 is 1.16 bits per heavy atom. The van der Waals surface area contributed by atoms with Crippen LogP contribution < -0.4 is 0 Å². The summed E-state index contributed by atoms with van der Waals surface area (Å²) in [7, 11) is 0. The molecule has 3 nitrogen and oxygen atoms in total. The summed E-state index contributed by atoms with van der Waals surface area (Å²) in [6.07, 6.45) is 1.30. The third kappa shape index (κ3) is 2.87. The van der Waals surface area contributed by atoms with E-state index in [1.54, 1.807) is 0 Å². The van der Waals surface area contributed by atoms with Gasteiger partial charge in [0.2, 0.25) is 0 Å². The Morgan fingerprint density at radius 3 is 2.37 bits per heavy atom. The van der Waals surface area contributed by atoms with Crippen molar-refractivity contribution >= 4 is 0 Å². The molecule has 102 valence electrons. The average Bonchev–Trinajstić information content (AvgIpc) is 2.77. The predicted molar refractivity (Wildman–Crippen MR) is 77.2 cm³/mol. The van der Waals surface area contributed by atoms with Gasteiger partial charge in [-0.05, 0) is 25.3 Å². The SMILES string of the molecule is CCc1nn(Cc2ccccc2)c(CC)c1C(C)O. The number of aliphatic hydroxyl groups excluding tert-OH is 1. The highest BCUT2D eigenvalue weighted by molar-refractivity contribution is 5.29. The number of nitrogens with zero attached hydrogens (tertiary/aromatic N) is 2. The van der Waals surface area contributed by atoms with Crippen molar-refractivity contribution in [3.63, 3.8) is 0 Å². The van der Waals surface area contributed by atoms with Gasteiger partial charge in [0.1, 0.15) is 0 Å². The van der Waals surface area contributed by atoms with Crippen LogP contribution in [0.2, 0.25) is 0 Å². The first-order valence-corrected chi connectivity index (χ1v) is 6.97. The molecule has 19 heavy (non-hydrogen) atoms. The van der Waals surface area contributed by atoms with Crippen molar-refractivity contribution in [2.24, 2.45) is 0 Å². The third-order valence-corrected chi connectivity index (χ3v) is 3.44. The van der Waals surface area contributed by atoms with Crippen LogP contribution >= 0.6 is 0 Å². The lowest BCUT2D eigenvalue weighted by Crippen LogP contribution is -2.07. The molecule has 0 fully saturated rings. The molecular formula is C16H22N2O. The molecule has 1 unspecified atom stereocenters. The number of aryl methyl sites for hydroxylation is 1. The maximum Gasteiger partial charge on any atom is 0.0798 e. The van der Waals surface area contributed by atoms with E-state index in [-0.39, 0.29) is 0 Å². The Kier molecular flexibility index (Phi) is 4.38. The first-order chi connectivity index (χ1) is 9.17. The molecule has 1 atom stereocenters. The van der Waals surface area contributed by atoms with Gasteiger partial charge >= 0.3 is 0 Å². The molecule has 3 heteroatoms. The highest BCUT2D eigenvalue weighted by Crippen LogP contribution is 2.24. The monoisotopic (exact) mass is 258 g/mol. The second-order valence-corrected chi connectivity index (χ2v) is 4.83. The van der Waals surface area contributed by atoms with E-state index in [0.29, 0.717) is 0 Å². The molecule has 0 saturated heterocycles. The minimum Gasteiger partial charge on any atom is -0.389 e. The van der Waals surface area contributed by atoms with Gasteiger partial charge in [-0.1, -0.05) is 44.2 Å². The molecule has 1 N–H and O–H groups in total. The molecule has 0 aliphatic rings. The second kappa shape index (κ2) is 6.02. The summed E-state index contributed by atoms with van der Waals surface area (Å²) in [5.41, 5.74) is 4.42. The fourth-order valence-electron chi connectivity index (χ4n) is 2.57. The largest absolute Gasteiger partial charge is 0.389 e. The molecule has 1 heterocycles. The van der Waals surface area contributed by atoms with Gasteiger partial charge in [-0.25, -0.2) is 0 Å². The van der Waals surface area contributed by atoms with Gasteiger partial charge in [-0.15, -0.1) is 0 Å². The van der Waals surface area contributed by atoms with Crippen molar-refractivity contribution < 1.29 is 5.11 Å². The van der Waals surface area contributed by atoms with Crippen molar-refractivity contribution in [1.29, 1.82) is 0 Å². The smallest absolute Gasteiger partial charge is 0.0798 e. The number of rotatable bonds is 5. The highest BCUT2D eigenvalue weighted by Gasteiger charge is 2.18. The van der Waals surface area contributed by atoms with E-state index in [4.69, 9.17) is 0 Å². The van der Waals surface area contributed by atoms with E-state index in [2.05, 4.69) is 31.1 Å². The van der Waals surface area contributed by atoms with Crippen LogP contribution in [0.25, 0.3) is 0 Å². The van der Waals surface area contributed by atoms with E-state index in [1.165, 1.54) is 5.56 Å². The number of aromatic nitrogens is 2. The molecule has 0 spiro atoms. The van der Waals surface area contributed by atoms with Crippen LogP contribution in [0.3, 0.4) is 0 Å². The van der Waals surface area contributed by atoms with Gasteiger partial charge in [-0.3, -0.25) is 4.68 Å². The molecule has 0 bridgehead atoms. The molecule has 0 aliphatic heterocycles. The molecule has 1 aromatic heterocycles. The number of hydrogen-bond donors (Lipinski definition) is 1. The summed E-state index contributed by atoms with van der Waals surface area (Å²) >= 11 is 0. The minimum atomic E-state index is -0.450. The van der Waals surface area contributed by atoms with Crippen molar-refractivity contribution in [3.8, 4) is 0 Å². The summed E-state index contributed by atoms with van der Waals surface area (Å²) in [5, 5.41) is 14.6. The summed E-state index contributed by atoms with van der Waals surface area (Å²) < 4.78 is 2.04. The maximum absolute atomic E-state index is 9.97. The predicted octanol–water partition coefficient (Wildman–Crippen LogP) is 3.11. The quantitative estimate of drug-likeness (QED) is 0.895. The second-order valence-electron chi connectivity index (χ2n) is 4.83. The number of benzene rings is 1. The van der Waals surface area contributed by atoms with Crippen LogP contribution in [0.4, 0.5) is 0 Å². The molecule has 2 rings (SSSR count). The zero-order valence-corrected chi connectivity index (χ0v) is 11.9. The summed E-state index contributed by atoms with van der Waals surface area (Å²) in [6.45, 7) is 6.79. The lowest BCUT2D eigenvalue weighted by molar-refractivity contribution is 0.197. The Hall–Kier alpha value is -1.61. The fourth-order valence-corrected chi connectivity index (χ4v) is 2.57. The fraction of sp³-hybridized carbons (Fsp3) is 0.438. The zero-order chi connectivity index (χ0) is 13.8. The van der Waals surface area contributed by atoms with Gasteiger partial charge in [0, 0.05) is 11.3 Å². The minimum absolute atomic E-state index is 0.450. The first kappa shape index (κ1) is 13.8. The maximum atomic E-state index is 9.97. The van der Waals surface area contributed by atoms with E-state index in [9.17, 15) is 5.11 Å². The number of hydrogen-bond acceptors (Lipinski definition) is 2. The van der Waals surface area contributed by atoms with Crippen LogP contribution in [0.5, 0.6) is 0 Å². The molecule has 0 radical (unpaired) electrons. The zero-order valence-electron chi connectivity index (χ0n) is 11.9. The van der Waals surface area contributed by atoms with Gasteiger partial charge in [-0.2, -0.15) is 5.10 Å². The van der Waals surface area contributed by atoms with Crippen LogP contribution in [0.15, 0.2) is 30.3 Å². The Morgan fingerprint density at radius 2 is 1.84 bits per heavy atom. The Labute approximate surface area is 114 Å². The van der Waals surface area contributed by atoms with Gasteiger partial charge in [0.05, 0.1) is 18.3 Å². The van der Waals surface area contributed by atoms with Crippen LogP contribution in [-0.4, -0.2) is 14.9 Å². The molecular weight excluding hydrogens is 236 g/mol. The van der Waals surface area contributed by atoms with Crippen molar-refractivity contribution in [2.75, 3.05) is 0 Å². The molecule has 1 aromatic carbocycles. The van der Waals surface area contributed by atoms with Gasteiger partial charge in [0.25, 0.3) is 0 Å². The highest BCUT2D eigenvalue weighted by atomic mass is 16.3. The summed E-state index contributed by atoms with van der Waals surface area (Å²) in [4.78, 5) is 0. The lowest BCUT2D eigenvalue weighted by atomic mass is 10.0. The molecule has 0 aliphatic carbocycles. The topological polar surface area (TPSA) is 38.0 Å². The first-order valence-electron chi connectivity index (χ1n) is 6.97. The molecule has 0 amide bonds. The third-order valence-electron chi connectivity index (χ3n) is 3.44. The summed E-state index contributed by atoms with van der Waals surface area (Å²) in [6, 6.07) is 10.3. The van der Waals surface area contributed by atoms with E-state index < -0.39 is 6.10 Å². The van der Waals surface area contributed by atoms with E-state index in [0.717, 1.165) is 36.3 Å². The summed E-state index contributed by atoms with van der Waals surface area (Å²) in [5.74, 6) is 0. The van der Waals surface area contributed by atoms with Crippen LogP contribution in [0.1, 0.15) is 49.4 Å². The van der Waals surface area contributed by atoms with Crippen molar-refractivity contribution in [2.45, 2.75) is 46.3 Å².